The fourth-order valence-corrected chi connectivity index (χ4v) is 1.86. The molecule has 0 aliphatic rings. The number of esters is 1. The molecule has 0 spiro atoms. The zero-order valence-electron chi connectivity index (χ0n) is 13.0. The number of nitrogens with one attached hydrogen (secondary N) is 1. The predicted molar refractivity (Wildman–Crippen MR) is 82.0 cm³/mol. The molecule has 0 radical (unpaired) electrons. The first kappa shape index (κ1) is 18.1. The molecule has 132 valence electrons. The number of hydrogen-bond acceptors (Lipinski definition) is 5. The van der Waals surface area contributed by atoms with Crippen molar-refractivity contribution in [2.45, 2.75) is 19.6 Å². The normalized spacial score (nSPS) is 11.7. The summed E-state index contributed by atoms with van der Waals surface area (Å²) in [6.45, 7) is -1.78. The number of pyridine rings is 1. The van der Waals surface area contributed by atoms with E-state index in [1.165, 1.54) is 49.4 Å². The van der Waals surface area contributed by atoms with Gasteiger partial charge in [0.05, 0.1) is 5.69 Å². The Balaban J connectivity index is 2.04. The predicted octanol–water partition coefficient (Wildman–Crippen LogP) is 2.11. The summed E-state index contributed by atoms with van der Waals surface area (Å²) in [5.41, 5.74) is -0.294. The summed E-state index contributed by atoms with van der Waals surface area (Å²) in [4.78, 5) is 24.0. The van der Waals surface area contributed by atoms with E-state index in [0.29, 0.717) is 4.73 Å². The summed E-state index contributed by atoms with van der Waals surface area (Å²) in [6, 6.07) is 9.71. The van der Waals surface area contributed by atoms with E-state index in [-0.39, 0.29) is 17.1 Å². The Morgan fingerprint density at radius 3 is 2.52 bits per heavy atom. The first-order valence-corrected chi connectivity index (χ1v) is 7.12. The van der Waals surface area contributed by atoms with Gasteiger partial charge in [0.25, 0.3) is 5.91 Å². The van der Waals surface area contributed by atoms with Crippen LogP contribution in [0.4, 0.5) is 14.5 Å². The summed E-state index contributed by atoms with van der Waals surface area (Å²) < 4.78 is 34.2. The number of benzene rings is 1. The summed E-state index contributed by atoms with van der Waals surface area (Å²) in [5, 5.41) is 13.8. The monoisotopic (exact) mass is 352 g/mol. The highest BCUT2D eigenvalue weighted by atomic mass is 19.3. The van der Waals surface area contributed by atoms with Gasteiger partial charge in [0.1, 0.15) is 5.75 Å². The van der Waals surface area contributed by atoms with E-state index in [4.69, 9.17) is 4.74 Å². The molecule has 1 atom stereocenters. The molecule has 0 fully saturated rings. The molecule has 1 N–H and O–H groups in total. The molecular formula is C16H14F2N2O5. The number of hydrogen-bond donors (Lipinski definition) is 1. The first-order chi connectivity index (χ1) is 11.9. The maximum Gasteiger partial charge on any atom is 0.405 e. The van der Waals surface area contributed by atoms with Gasteiger partial charge in [0, 0.05) is 12.1 Å². The SMILES string of the molecule is C[C@@H](OC(=O)c1cccc[n+]1[O-])C(=O)Nc1ccccc1OC(F)F. The van der Waals surface area contributed by atoms with Gasteiger partial charge in [-0.25, -0.2) is 4.79 Å². The zero-order chi connectivity index (χ0) is 18.4. The van der Waals surface area contributed by atoms with Gasteiger partial charge in [-0.1, -0.05) is 12.1 Å². The van der Waals surface area contributed by atoms with Gasteiger partial charge >= 0.3 is 18.3 Å². The van der Waals surface area contributed by atoms with Gasteiger partial charge in [0.15, 0.2) is 12.3 Å². The number of aromatic nitrogens is 1. The van der Waals surface area contributed by atoms with Crippen LogP contribution in [-0.4, -0.2) is 24.6 Å². The van der Waals surface area contributed by atoms with Crippen LogP contribution in [0, 0.1) is 5.21 Å². The lowest BCUT2D eigenvalue weighted by Crippen LogP contribution is -2.37. The van der Waals surface area contributed by atoms with Crippen LogP contribution in [0.3, 0.4) is 0 Å². The Morgan fingerprint density at radius 1 is 1.16 bits per heavy atom. The highest BCUT2D eigenvalue weighted by Gasteiger charge is 2.24. The van der Waals surface area contributed by atoms with Gasteiger partial charge in [0.2, 0.25) is 0 Å². The molecular weight excluding hydrogens is 338 g/mol. The van der Waals surface area contributed by atoms with Crippen molar-refractivity contribution in [1.29, 1.82) is 0 Å². The van der Waals surface area contributed by atoms with Crippen LogP contribution in [-0.2, 0) is 9.53 Å². The second-order valence-electron chi connectivity index (χ2n) is 4.82. The summed E-state index contributed by atoms with van der Waals surface area (Å²) in [5.74, 6) is -1.99. The average molecular weight is 352 g/mol. The van der Waals surface area contributed by atoms with Crippen molar-refractivity contribution < 1.29 is 32.6 Å². The van der Waals surface area contributed by atoms with Gasteiger partial charge < -0.3 is 20.0 Å². The maximum atomic E-state index is 12.4. The van der Waals surface area contributed by atoms with Crippen LogP contribution in [0.5, 0.6) is 5.75 Å². The lowest BCUT2D eigenvalue weighted by atomic mass is 10.2. The maximum absolute atomic E-state index is 12.4. The molecule has 1 amide bonds. The summed E-state index contributed by atoms with van der Waals surface area (Å²) >= 11 is 0. The molecule has 0 bridgehead atoms. The van der Waals surface area contributed by atoms with Crippen LogP contribution < -0.4 is 14.8 Å². The molecule has 1 aromatic heterocycles. The van der Waals surface area contributed by atoms with Crippen molar-refractivity contribution in [1.82, 2.24) is 0 Å². The molecule has 1 aromatic carbocycles. The molecule has 2 aromatic rings. The summed E-state index contributed by atoms with van der Waals surface area (Å²) in [7, 11) is 0. The number of nitrogens with zero attached hydrogens (tertiary/aromatic N) is 1. The Hall–Kier alpha value is -3.23. The third kappa shape index (κ3) is 4.87. The van der Waals surface area contributed by atoms with Crippen LogP contribution in [0.2, 0.25) is 0 Å². The smallest absolute Gasteiger partial charge is 0.405 e. The van der Waals surface area contributed by atoms with Crippen LogP contribution >= 0.6 is 0 Å². The fraction of sp³-hybridized carbons (Fsp3) is 0.188. The van der Waals surface area contributed by atoms with E-state index in [9.17, 15) is 23.6 Å². The lowest BCUT2D eigenvalue weighted by molar-refractivity contribution is -0.608. The molecule has 0 unspecified atom stereocenters. The standard InChI is InChI=1S/C16H14F2N2O5/c1-10(24-15(22)12-7-4-5-9-20(12)23)14(21)19-11-6-2-3-8-13(11)25-16(17)18/h2-10,16H,1H3,(H,19,21)/t10-/m1/s1. The number of carbonyl (C=O) groups is 2. The molecule has 2 rings (SSSR count). The van der Waals surface area contributed by atoms with E-state index in [1.54, 1.807) is 0 Å². The van der Waals surface area contributed by atoms with Gasteiger partial charge in [-0.15, -0.1) is 0 Å². The van der Waals surface area contributed by atoms with Gasteiger partial charge in [-0.2, -0.15) is 13.5 Å². The van der Waals surface area contributed by atoms with Crippen molar-refractivity contribution in [2.75, 3.05) is 5.32 Å². The number of para-hydroxylation sites is 2. The van der Waals surface area contributed by atoms with Gasteiger partial charge in [-0.3, -0.25) is 4.79 Å². The van der Waals surface area contributed by atoms with E-state index in [1.807, 2.05) is 0 Å². The van der Waals surface area contributed by atoms with Crippen molar-refractivity contribution in [3.63, 3.8) is 0 Å². The lowest BCUT2D eigenvalue weighted by Gasteiger charge is -2.15. The molecule has 0 saturated carbocycles. The third-order valence-electron chi connectivity index (χ3n) is 3.05. The summed E-state index contributed by atoms with van der Waals surface area (Å²) in [6.07, 6.45) is -0.161. The average Bonchev–Trinajstić information content (AvgIpc) is 2.56. The first-order valence-electron chi connectivity index (χ1n) is 7.12. The number of halogens is 2. The van der Waals surface area contributed by atoms with E-state index in [2.05, 4.69) is 10.1 Å². The quantitative estimate of drug-likeness (QED) is 0.488. The number of alkyl halides is 2. The Kier molecular flexibility index (Phi) is 5.83. The molecule has 9 heteroatoms. The Labute approximate surface area is 141 Å². The van der Waals surface area contributed by atoms with Crippen molar-refractivity contribution in [3.05, 3.63) is 59.6 Å². The van der Waals surface area contributed by atoms with E-state index in [0.717, 1.165) is 6.20 Å². The number of ether oxygens (including phenoxy) is 2. The van der Waals surface area contributed by atoms with Crippen LogP contribution in [0.15, 0.2) is 48.7 Å². The second-order valence-corrected chi connectivity index (χ2v) is 4.82. The molecule has 7 nitrogen and oxygen atoms in total. The molecule has 0 saturated heterocycles. The van der Waals surface area contributed by atoms with E-state index < -0.39 is 24.6 Å². The zero-order valence-corrected chi connectivity index (χ0v) is 13.0. The van der Waals surface area contributed by atoms with E-state index >= 15 is 0 Å². The minimum Gasteiger partial charge on any atom is -0.618 e. The third-order valence-corrected chi connectivity index (χ3v) is 3.05. The second kappa shape index (κ2) is 8.04. The highest BCUT2D eigenvalue weighted by Crippen LogP contribution is 2.25. The number of anilines is 1. The minimum atomic E-state index is -3.06. The number of amides is 1. The van der Waals surface area contributed by atoms with Crippen LogP contribution in [0.1, 0.15) is 17.4 Å². The molecule has 0 aliphatic heterocycles. The molecule has 0 aliphatic carbocycles. The highest BCUT2D eigenvalue weighted by molar-refractivity contribution is 5.97. The topological polar surface area (TPSA) is 91.6 Å². The number of carbonyl (C=O) groups excluding carboxylic acids is 2. The molecule has 25 heavy (non-hydrogen) atoms. The van der Waals surface area contributed by atoms with Crippen molar-refractivity contribution in [3.8, 4) is 5.75 Å². The van der Waals surface area contributed by atoms with Gasteiger partial charge in [-0.05, 0) is 25.1 Å². The van der Waals surface area contributed by atoms with Crippen molar-refractivity contribution in [2.24, 2.45) is 0 Å². The van der Waals surface area contributed by atoms with Crippen molar-refractivity contribution >= 4 is 17.6 Å². The molecule has 1 heterocycles. The number of rotatable bonds is 6. The largest absolute Gasteiger partial charge is 0.618 e. The van der Waals surface area contributed by atoms with Crippen LogP contribution in [0.25, 0.3) is 0 Å². The minimum absolute atomic E-state index is 0.00528. The Bertz CT molecular complexity index is 770. The Morgan fingerprint density at radius 2 is 1.84 bits per heavy atom. The fourth-order valence-electron chi connectivity index (χ4n) is 1.86.